The van der Waals surface area contributed by atoms with E-state index in [2.05, 4.69) is 5.32 Å². The molecule has 3 aromatic carbocycles. The molecule has 0 aliphatic heterocycles. The van der Waals surface area contributed by atoms with E-state index in [1.807, 2.05) is 0 Å². The number of amides is 2. The van der Waals surface area contributed by atoms with Crippen molar-refractivity contribution >= 4 is 69.6 Å². The Balaban J connectivity index is 1.55. The van der Waals surface area contributed by atoms with Crippen LogP contribution in [0.4, 0.5) is 20.2 Å². The lowest BCUT2D eigenvalue weighted by atomic mass is 10.1. The maximum atomic E-state index is 14.5. The van der Waals surface area contributed by atoms with Crippen LogP contribution in [0.15, 0.2) is 54.6 Å². The molecule has 0 heterocycles. The highest BCUT2D eigenvalue weighted by Crippen LogP contribution is 2.65. The number of carbonyl (C=O) groups is 2. The standard InChI is InChI=1S/C25H15Cl4F2N3O2/c1-34(20-5-2-12(11-32)6-19(20)31)24(36)17-10-16(3-4-18(17)30)33-23(35)22-21(25(22,28)29)13-7-14(26)9-15(27)8-13/h2-10,21-22H,1H3,(H,33,35)/t21-,22+/m0/s1. The van der Waals surface area contributed by atoms with Crippen molar-refractivity contribution in [2.24, 2.45) is 5.92 Å². The monoisotopic (exact) mass is 567 g/mol. The Morgan fingerprint density at radius 3 is 2.28 bits per heavy atom. The molecule has 2 atom stereocenters. The third-order valence-corrected chi connectivity index (χ3v) is 7.16. The Morgan fingerprint density at radius 1 is 1.00 bits per heavy atom. The van der Waals surface area contributed by atoms with Crippen molar-refractivity contribution in [2.75, 3.05) is 17.3 Å². The van der Waals surface area contributed by atoms with Crippen molar-refractivity contribution in [1.29, 1.82) is 5.26 Å². The van der Waals surface area contributed by atoms with E-state index in [4.69, 9.17) is 51.7 Å². The highest BCUT2D eigenvalue weighted by molar-refractivity contribution is 6.53. The first-order chi connectivity index (χ1) is 16.9. The van der Waals surface area contributed by atoms with Gasteiger partial charge in [-0.25, -0.2) is 8.78 Å². The van der Waals surface area contributed by atoms with Crippen molar-refractivity contribution in [3.63, 3.8) is 0 Å². The Bertz CT molecular complexity index is 1420. The molecule has 3 aromatic rings. The number of nitrogens with one attached hydrogen (secondary N) is 1. The second-order valence-electron chi connectivity index (χ2n) is 8.16. The molecule has 4 rings (SSSR count). The average molecular weight is 569 g/mol. The molecule has 0 unspecified atom stereocenters. The van der Waals surface area contributed by atoms with Crippen LogP contribution in [0.3, 0.4) is 0 Å². The second-order valence-corrected chi connectivity index (χ2v) is 10.5. The predicted octanol–water partition coefficient (Wildman–Crippen LogP) is 6.95. The van der Waals surface area contributed by atoms with Gasteiger partial charge in [0.15, 0.2) is 0 Å². The fourth-order valence-electron chi connectivity index (χ4n) is 3.95. The number of nitriles is 1. The molecule has 0 saturated heterocycles. The van der Waals surface area contributed by atoms with Crippen molar-refractivity contribution in [3.05, 3.63) is 93.0 Å². The molecular weight excluding hydrogens is 554 g/mol. The summed E-state index contributed by atoms with van der Waals surface area (Å²) in [5.41, 5.74) is 0.205. The number of nitrogens with zero attached hydrogens (tertiary/aromatic N) is 2. The van der Waals surface area contributed by atoms with Gasteiger partial charge in [0.2, 0.25) is 5.91 Å². The molecule has 0 aromatic heterocycles. The summed E-state index contributed by atoms with van der Waals surface area (Å²) in [4.78, 5) is 26.8. The Hall–Kier alpha value is -2.89. The highest BCUT2D eigenvalue weighted by Gasteiger charge is 2.67. The smallest absolute Gasteiger partial charge is 0.261 e. The third kappa shape index (κ3) is 5.00. The second kappa shape index (κ2) is 9.87. The van der Waals surface area contributed by atoms with Gasteiger partial charge in [-0.15, -0.1) is 23.2 Å². The van der Waals surface area contributed by atoms with E-state index >= 15 is 0 Å². The Kier molecular flexibility index (Phi) is 7.18. The van der Waals surface area contributed by atoms with Crippen LogP contribution >= 0.6 is 46.4 Å². The number of alkyl halides is 2. The lowest BCUT2D eigenvalue weighted by molar-refractivity contribution is -0.117. The van der Waals surface area contributed by atoms with Crippen LogP contribution in [0.1, 0.15) is 27.4 Å². The van der Waals surface area contributed by atoms with Gasteiger partial charge in [0, 0.05) is 28.7 Å². The zero-order valence-corrected chi connectivity index (χ0v) is 21.4. The summed E-state index contributed by atoms with van der Waals surface area (Å²) in [6.45, 7) is 0. The van der Waals surface area contributed by atoms with E-state index < -0.39 is 45.2 Å². The van der Waals surface area contributed by atoms with Gasteiger partial charge in [-0.05, 0) is 60.2 Å². The Morgan fingerprint density at radius 2 is 1.67 bits per heavy atom. The molecule has 0 radical (unpaired) electrons. The molecule has 1 fully saturated rings. The quantitative estimate of drug-likeness (QED) is 0.339. The maximum Gasteiger partial charge on any atom is 0.261 e. The molecule has 1 saturated carbocycles. The highest BCUT2D eigenvalue weighted by atomic mass is 35.5. The number of hydrogen-bond acceptors (Lipinski definition) is 3. The first kappa shape index (κ1) is 26.2. The van der Waals surface area contributed by atoms with E-state index in [1.54, 1.807) is 18.2 Å². The minimum Gasteiger partial charge on any atom is -0.326 e. The molecule has 11 heteroatoms. The minimum absolute atomic E-state index is 0.0704. The van der Waals surface area contributed by atoms with Gasteiger partial charge in [0.05, 0.1) is 28.8 Å². The van der Waals surface area contributed by atoms with Gasteiger partial charge in [-0.2, -0.15) is 5.26 Å². The Labute approximate surface area is 225 Å². The molecular formula is C25H15Cl4F2N3O2. The molecule has 1 aliphatic carbocycles. The zero-order chi connectivity index (χ0) is 26.4. The van der Waals surface area contributed by atoms with Crippen LogP contribution in [0.2, 0.25) is 10.0 Å². The summed E-state index contributed by atoms with van der Waals surface area (Å²) < 4.78 is 27.5. The molecule has 0 bridgehead atoms. The predicted molar refractivity (Wildman–Crippen MR) is 136 cm³/mol. The van der Waals surface area contributed by atoms with Gasteiger partial charge < -0.3 is 10.2 Å². The molecule has 1 N–H and O–H groups in total. The first-order valence-corrected chi connectivity index (χ1v) is 11.9. The summed E-state index contributed by atoms with van der Waals surface area (Å²) in [5.74, 6) is -4.58. The SMILES string of the molecule is CN(C(=O)c1cc(NC(=O)[C@H]2[C@H](c3cc(Cl)cc(Cl)c3)C2(Cl)Cl)ccc1F)c1ccc(C#N)cc1F. The lowest BCUT2D eigenvalue weighted by Gasteiger charge is -2.19. The van der Waals surface area contributed by atoms with Gasteiger partial charge in [0.1, 0.15) is 16.0 Å². The summed E-state index contributed by atoms with van der Waals surface area (Å²) in [6.07, 6.45) is 0. The van der Waals surface area contributed by atoms with Crippen LogP contribution in [0.5, 0.6) is 0 Å². The summed E-state index contributed by atoms with van der Waals surface area (Å²) in [5, 5.41) is 12.2. The van der Waals surface area contributed by atoms with Gasteiger partial charge >= 0.3 is 0 Å². The molecule has 5 nitrogen and oxygen atoms in total. The number of anilines is 2. The van der Waals surface area contributed by atoms with E-state index in [0.717, 1.165) is 23.1 Å². The molecule has 184 valence electrons. The van der Waals surface area contributed by atoms with E-state index in [-0.39, 0.29) is 16.9 Å². The van der Waals surface area contributed by atoms with Crippen LogP contribution in [0, 0.1) is 28.9 Å². The largest absolute Gasteiger partial charge is 0.326 e. The lowest BCUT2D eigenvalue weighted by Crippen LogP contribution is -2.28. The van der Waals surface area contributed by atoms with Gasteiger partial charge in [-0.3, -0.25) is 9.59 Å². The van der Waals surface area contributed by atoms with Crippen molar-refractivity contribution in [3.8, 4) is 6.07 Å². The summed E-state index contributed by atoms with van der Waals surface area (Å²) >= 11 is 24.8. The van der Waals surface area contributed by atoms with Crippen LogP contribution in [-0.4, -0.2) is 23.2 Å². The van der Waals surface area contributed by atoms with Crippen LogP contribution in [-0.2, 0) is 4.79 Å². The number of benzene rings is 3. The van der Waals surface area contributed by atoms with Gasteiger partial charge in [0.25, 0.3) is 5.91 Å². The average Bonchev–Trinajstić information content (AvgIpc) is 3.40. The maximum absolute atomic E-state index is 14.5. The summed E-state index contributed by atoms with van der Waals surface area (Å²) in [6, 6.07) is 13.5. The zero-order valence-electron chi connectivity index (χ0n) is 18.3. The fraction of sp³-hybridized carbons (Fsp3) is 0.160. The first-order valence-electron chi connectivity index (χ1n) is 10.4. The van der Waals surface area contributed by atoms with Gasteiger partial charge in [-0.1, -0.05) is 23.2 Å². The number of rotatable bonds is 5. The number of carbonyl (C=O) groups excluding carboxylic acids is 2. The van der Waals surface area contributed by atoms with Crippen LogP contribution < -0.4 is 10.2 Å². The molecule has 2 amide bonds. The van der Waals surface area contributed by atoms with E-state index in [9.17, 15) is 18.4 Å². The fourth-order valence-corrected chi connectivity index (χ4v) is 5.32. The normalized spacial score (nSPS) is 17.7. The number of halogens is 6. The van der Waals surface area contributed by atoms with E-state index in [1.165, 1.54) is 31.3 Å². The van der Waals surface area contributed by atoms with Crippen molar-refractivity contribution in [2.45, 2.75) is 10.3 Å². The van der Waals surface area contributed by atoms with Crippen molar-refractivity contribution in [1.82, 2.24) is 0 Å². The third-order valence-electron chi connectivity index (χ3n) is 5.79. The van der Waals surface area contributed by atoms with Crippen LogP contribution in [0.25, 0.3) is 0 Å². The van der Waals surface area contributed by atoms with Crippen molar-refractivity contribution < 1.29 is 18.4 Å². The number of hydrogen-bond donors (Lipinski definition) is 1. The summed E-state index contributed by atoms with van der Waals surface area (Å²) in [7, 11) is 1.26. The molecule has 0 spiro atoms. The molecule has 36 heavy (non-hydrogen) atoms. The minimum atomic E-state index is -1.43. The van der Waals surface area contributed by atoms with E-state index in [0.29, 0.717) is 15.6 Å². The topological polar surface area (TPSA) is 73.2 Å². The molecule has 1 aliphatic rings.